The lowest BCUT2D eigenvalue weighted by molar-refractivity contribution is -0.136. The van der Waals surface area contributed by atoms with Crippen molar-refractivity contribution in [3.05, 3.63) is 59.7 Å². The van der Waals surface area contributed by atoms with E-state index in [0.717, 1.165) is 4.90 Å². The summed E-state index contributed by atoms with van der Waals surface area (Å²) in [4.78, 5) is 86.4. The lowest BCUT2D eigenvalue weighted by Crippen LogP contribution is -2.54. The first-order valence-corrected chi connectivity index (χ1v) is 9.43. The molecule has 2 heterocycles. The molecule has 1 aromatic carbocycles. The SMILES string of the molecule is O=C(O)/C=C/C(=O)O.O=C(O)/C=C/C(=O)O.O=C1CCC(N2C(=O)c3ccccc3C2=O)C(=O)N1. The van der Waals surface area contributed by atoms with E-state index in [9.17, 15) is 38.4 Å². The average molecular weight is 490 g/mol. The van der Waals surface area contributed by atoms with E-state index < -0.39 is 47.6 Å². The first kappa shape index (κ1) is 27.9. The second-order valence-electron chi connectivity index (χ2n) is 6.51. The molecule has 0 saturated carbocycles. The fourth-order valence-electron chi connectivity index (χ4n) is 2.70. The van der Waals surface area contributed by atoms with Crippen molar-refractivity contribution in [2.45, 2.75) is 18.9 Å². The molecule has 0 bridgehead atoms. The number of hydrogen-bond donors (Lipinski definition) is 5. The van der Waals surface area contributed by atoms with Gasteiger partial charge in [0.15, 0.2) is 0 Å². The van der Waals surface area contributed by atoms with E-state index in [-0.39, 0.29) is 18.7 Å². The monoisotopic (exact) mass is 490 g/mol. The second-order valence-corrected chi connectivity index (χ2v) is 6.51. The van der Waals surface area contributed by atoms with Crippen LogP contribution in [-0.2, 0) is 28.8 Å². The zero-order valence-electron chi connectivity index (χ0n) is 17.6. The standard InChI is InChI=1S/C13H10N2O4.2C4H4O4/c16-10-6-5-9(11(17)14-10)15-12(18)7-3-1-2-4-8(7)13(15)19;2*5-3(6)1-2-4(7)8/h1-4,9H,5-6H2,(H,14,16,17);2*1-2H,(H,5,6)(H,7,8)/b;2*2-1+. The highest BCUT2D eigenvalue weighted by molar-refractivity contribution is 6.23. The summed E-state index contributed by atoms with van der Waals surface area (Å²) in [5.41, 5.74) is 0.606. The van der Waals surface area contributed by atoms with Crippen molar-refractivity contribution in [3.63, 3.8) is 0 Å². The van der Waals surface area contributed by atoms with Crippen LogP contribution in [0.4, 0.5) is 0 Å². The molecule has 0 radical (unpaired) electrons. The lowest BCUT2D eigenvalue weighted by Gasteiger charge is -2.27. The summed E-state index contributed by atoms with van der Waals surface area (Å²) in [5.74, 6) is -6.95. The third-order valence-corrected chi connectivity index (χ3v) is 4.08. The maximum Gasteiger partial charge on any atom is 0.328 e. The summed E-state index contributed by atoms with van der Waals surface area (Å²) < 4.78 is 0. The Balaban J connectivity index is 0.000000320. The van der Waals surface area contributed by atoms with Crippen molar-refractivity contribution >= 4 is 47.5 Å². The Labute approximate surface area is 195 Å². The molecule has 3 rings (SSSR count). The van der Waals surface area contributed by atoms with Crippen LogP contribution in [0, 0.1) is 0 Å². The molecule has 0 aliphatic carbocycles. The number of hydrogen-bond acceptors (Lipinski definition) is 8. The van der Waals surface area contributed by atoms with Gasteiger partial charge in [0.05, 0.1) is 11.1 Å². The summed E-state index contributed by atoms with van der Waals surface area (Å²) in [6, 6.07) is 5.55. The van der Waals surface area contributed by atoms with Gasteiger partial charge in [-0.25, -0.2) is 19.2 Å². The number of aliphatic carboxylic acids is 4. The van der Waals surface area contributed by atoms with Gasteiger partial charge < -0.3 is 20.4 Å². The summed E-state index contributed by atoms with van der Waals surface area (Å²) in [5, 5.41) is 33.4. The topological polar surface area (TPSA) is 233 Å². The number of rotatable bonds is 5. The average Bonchev–Trinajstić information content (AvgIpc) is 3.02. The molecular weight excluding hydrogens is 472 g/mol. The quantitative estimate of drug-likeness (QED) is 0.260. The highest BCUT2D eigenvalue weighted by Gasteiger charge is 2.44. The van der Waals surface area contributed by atoms with E-state index in [1.807, 2.05) is 0 Å². The Morgan fingerprint density at radius 2 is 1.11 bits per heavy atom. The number of carboxylic acids is 4. The van der Waals surface area contributed by atoms with E-state index in [2.05, 4.69) is 5.32 Å². The Kier molecular flexibility index (Phi) is 10.2. The van der Waals surface area contributed by atoms with E-state index >= 15 is 0 Å². The van der Waals surface area contributed by atoms with Crippen molar-refractivity contribution in [2.24, 2.45) is 0 Å². The summed E-state index contributed by atoms with van der Waals surface area (Å²) in [6.07, 6.45) is 2.54. The van der Waals surface area contributed by atoms with Gasteiger partial charge in [0.25, 0.3) is 11.8 Å². The Hall–Kier alpha value is -5.14. The van der Waals surface area contributed by atoms with Gasteiger partial charge in [0.1, 0.15) is 6.04 Å². The van der Waals surface area contributed by atoms with Crippen molar-refractivity contribution in [2.75, 3.05) is 0 Å². The molecule has 14 heteroatoms. The third-order valence-electron chi connectivity index (χ3n) is 4.08. The fraction of sp³-hybridized carbons (Fsp3) is 0.143. The highest BCUT2D eigenvalue weighted by Crippen LogP contribution is 2.26. The molecule has 35 heavy (non-hydrogen) atoms. The Morgan fingerprint density at radius 1 is 0.743 bits per heavy atom. The number of nitrogens with one attached hydrogen (secondary N) is 1. The van der Waals surface area contributed by atoms with Crippen LogP contribution in [0.2, 0.25) is 0 Å². The fourth-order valence-corrected chi connectivity index (χ4v) is 2.70. The van der Waals surface area contributed by atoms with Crippen molar-refractivity contribution < 1.29 is 58.8 Å². The van der Waals surface area contributed by atoms with Crippen LogP contribution >= 0.6 is 0 Å². The molecule has 1 unspecified atom stereocenters. The van der Waals surface area contributed by atoms with Gasteiger partial charge in [0, 0.05) is 30.7 Å². The molecule has 2 aliphatic heterocycles. The molecule has 2 aliphatic rings. The molecule has 1 atom stereocenters. The normalized spacial score (nSPS) is 16.6. The molecule has 5 N–H and O–H groups in total. The van der Waals surface area contributed by atoms with Crippen LogP contribution < -0.4 is 5.32 Å². The van der Waals surface area contributed by atoms with Crippen molar-refractivity contribution in [3.8, 4) is 0 Å². The number of imide groups is 2. The smallest absolute Gasteiger partial charge is 0.328 e. The van der Waals surface area contributed by atoms with Gasteiger partial charge in [-0.15, -0.1) is 0 Å². The number of carbonyl (C=O) groups excluding carboxylic acids is 4. The summed E-state index contributed by atoms with van der Waals surface area (Å²) in [6.45, 7) is 0. The summed E-state index contributed by atoms with van der Waals surface area (Å²) >= 11 is 0. The molecule has 1 fully saturated rings. The van der Waals surface area contributed by atoms with E-state index in [1.54, 1.807) is 24.3 Å². The maximum absolute atomic E-state index is 12.2. The molecule has 4 amide bonds. The van der Waals surface area contributed by atoms with Gasteiger partial charge in [0.2, 0.25) is 11.8 Å². The second kappa shape index (κ2) is 12.8. The van der Waals surface area contributed by atoms with Crippen LogP contribution in [-0.4, -0.2) is 78.9 Å². The largest absolute Gasteiger partial charge is 0.478 e. The predicted octanol–water partition coefficient (Wildman–Crippen LogP) is -0.489. The van der Waals surface area contributed by atoms with Crippen LogP contribution in [0.15, 0.2) is 48.6 Å². The zero-order chi connectivity index (χ0) is 26.7. The molecule has 1 saturated heterocycles. The highest BCUT2D eigenvalue weighted by atomic mass is 16.4. The number of fused-ring (bicyclic) bond motifs is 1. The number of nitrogens with zero attached hydrogens (tertiary/aromatic N) is 1. The number of carboxylic acid groups (broad SMARTS) is 4. The van der Waals surface area contributed by atoms with Crippen molar-refractivity contribution in [1.29, 1.82) is 0 Å². The van der Waals surface area contributed by atoms with Crippen LogP contribution in [0.1, 0.15) is 33.6 Å². The number of benzene rings is 1. The molecule has 1 aromatic rings. The minimum absolute atomic E-state index is 0.129. The van der Waals surface area contributed by atoms with Gasteiger partial charge >= 0.3 is 23.9 Å². The molecular formula is C21H18N2O12. The lowest BCUT2D eigenvalue weighted by atomic mass is 10.0. The molecule has 184 valence electrons. The van der Waals surface area contributed by atoms with E-state index in [0.29, 0.717) is 35.4 Å². The van der Waals surface area contributed by atoms with Crippen molar-refractivity contribution in [1.82, 2.24) is 10.2 Å². The number of piperidine rings is 1. The van der Waals surface area contributed by atoms with Gasteiger partial charge in [-0.05, 0) is 18.6 Å². The van der Waals surface area contributed by atoms with Crippen LogP contribution in [0.3, 0.4) is 0 Å². The summed E-state index contributed by atoms with van der Waals surface area (Å²) in [7, 11) is 0. The molecule has 0 aromatic heterocycles. The first-order valence-electron chi connectivity index (χ1n) is 9.43. The Bertz CT molecular complexity index is 1030. The van der Waals surface area contributed by atoms with Crippen LogP contribution in [0.5, 0.6) is 0 Å². The minimum atomic E-state index is -1.26. The van der Waals surface area contributed by atoms with Gasteiger partial charge in [-0.2, -0.15) is 0 Å². The number of carbonyl (C=O) groups is 8. The van der Waals surface area contributed by atoms with Crippen LogP contribution in [0.25, 0.3) is 0 Å². The minimum Gasteiger partial charge on any atom is -0.478 e. The maximum atomic E-state index is 12.2. The van der Waals surface area contributed by atoms with E-state index in [4.69, 9.17) is 20.4 Å². The zero-order valence-corrected chi connectivity index (χ0v) is 17.6. The predicted molar refractivity (Wildman–Crippen MR) is 112 cm³/mol. The van der Waals surface area contributed by atoms with Gasteiger partial charge in [-0.3, -0.25) is 29.4 Å². The number of amides is 4. The molecule has 14 nitrogen and oxygen atoms in total. The third kappa shape index (κ3) is 8.72. The Morgan fingerprint density at radius 3 is 1.43 bits per heavy atom. The molecule has 0 spiro atoms. The van der Waals surface area contributed by atoms with E-state index in [1.165, 1.54) is 0 Å². The first-order chi connectivity index (χ1) is 16.3. The van der Waals surface area contributed by atoms with Gasteiger partial charge in [-0.1, -0.05) is 12.1 Å².